The summed E-state index contributed by atoms with van der Waals surface area (Å²) in [4.78, 5) is 26.8. The maximum Gasteiger partial charge on any atom is 0.336 e. The van der Waals surface area contributed by atoms with Crippen molar-refractivity contribution in [3.8, 4) is 0 Å². The van der Waals surface area contributed by atoms with E-state index in [1.807, 2.05) is 30.5 Å². The second kappa shape index (κ2) is 9.37. The molecule has 6 heteroatoms. The van der Waals surface area contributed by atoms with Crippen molar-refractivity contribution in [2.45, 2.75) is 46.7 Å². The summed E-state index contributed by atoms with van der Waals surface area (Å²) >= 11 is 1.63. The molecule has 0 aliphatic heterocycles. The lowest BCUT2D eigenvalue weighted by Crippen LogP contribution is -3.11. The number of fused-ring (bicyclic) bond motifs is 1. The highest BCUT2D eigenvalue weighted by molar-refractivity contribution is 7.09. The summed E-state index contributed by atoms with van der Waals surface area (Å²) in [6.45, 7) is 10.7. The Morgan fingerprint density at radius 2 is 2.07 bits per heavy atom. The van der Waals surface area contributed by atoms with Gasteiger partial charge in [-0.05, 0) is 54.5 Å². The Morgan fingerprint density at radius 1 is 1.28 bits per heavy atom. The molecule has 1 unspecified atom stereocenters. The molecule has 0 aliphatic rings. The Hall–Kier alpha value is -2.44. The van der Waals surface area contributed by atoms with E-state index in [0.29, 0.717) is 31.1 Å². The van der Waals surface area contributed by atoms with E-state index in [1.165, 1.54) is 5.56 Å². The Bertz CT molecular complexity index is 1040. The molecule has 0 radical (unpaired) electrons. The molecule has 5 nitrogen and oxygen atoms in total. The third-order valence-electron chi connectivity index (χ3n) is 5.23. The van der Waals surface area contributed by atoms with Crippen LogP contribution in [0.2, 0.25) is 0 Å². The van der Waals surface area contributed by atoms with Crippen LogP contribution in [0.25, 0.3) is 11.0 Å². The standard InChI is InChI=1S/C23H28N2O3S/c1-5-25(14-22(26)24-12-18-7-6-8-29-18)13-17-10-23(27)28-21-9-16(4)19(15(2)3)11-20(17)21/h6-11,15H,5,12-14H2,1-4H3,(H,24,26)/p+1. The van der Waals surface area contributed by atoms with Crippen LogP contribution in [0.3, 0.4) is 0 Å². The number of likely N-dealkylation sites (N-methyl/N-ethyl adjacent to an activating group) is 1. The van der Waals surface area contributed by atoms with Crippen LogP contribution in [0.4, 0.5) is 0 Å². The molecular weight excluding hydrogens is 384 g/mol. The molecule has 2 heterocycles. The molecule has 2 N–H and O–H groups in total. The lowest BCUT2D eigenvalue weighted by atomic mass is 9.95. The van der Waals surface area contributed by atoms with Gasteiger partial charge in [-0.15, -0.1) is 11.3 Å². The predicted molar refractivity (Wildman–Crippen MR) is 118 cm³/mol. The summed E-state index contributed by atoms with van der Waals surface area (Å²) in [5.74, 6) is 0.401. The summed E-state index contributed by atoms with van der Waals surface area (Å²) in [5, 5.41) is 5.95. The van der Waals surface area contributed by atoms with E-state index in [2.05, 4.69) is 32.2 Å². The fourth-order valence-electron chi connectivity index (χ4n) is 3.63. The molecule has 0 bridgehead atoms. The van der Waals surface area contributed by atoms with Crippen LogP contribution < -0.4 is 15.8 Å². The highest BCUT2D eigenvalue weighted by Crippen LogP contribution is 2.26. The van der Waals surface area contributed by atoms with E-state index >= 15 is 0 Å². The van der Waals surface area contributed by atoms with Crippen molar-refractivity contribution >= 4 is 28.2 Å². The number of quaternary nitrogens is 1. The number of nitrogens with one attached hydrogen (secondary N) is 2. The quantitative estimate of drug-likeness (QED) is 0.558. The highest BCUT2D eigenvalue weighted by atomic mass is 32.1. The zero-order valence-electron chi connectivity index (χ0n) is 17.5. The average Bonchev–Trinajstić information content (AvgIpc) is 3.18. The maximum atomic E-state index is 12.4. The van der Waals surface area contributed by atoms with Crippen molar-refractivity contribution < 1.29 is 14.1 Å². The van der Waals surface area contributed by atoms with Gasteiger partial charge < -0.3 is 14.6 Å². The van der Waals surface area contributed by atoms with Crippen molar-refractivity contribution in [3.63, 3.8) is 0 Å². The Kier molecular flexibility index (Phi) is 6.87. The first-order valence-corrected chi connectivity index (χ1v) is 10.9. The van der Waals surface area contributed by atoms with E-state index in [-0.39, 0.29) is 11.5 Å². The molecular formula is C23H29N2O3S+. The minimum absolute atomic E-state index is 0.0150. The van der Waals surface area contributed by atoms with Gasteiger partial charge in [0, 0.05) is 21.9 Å². The number of hydrogen-bond acceptors (Lipinski definition) is 4. The smallest absolute Gasteiger partial charge is 0.336 e. The van der Waals surface area contributed by atoms with Crippen LogP contribution in [0.5, 0.6) is 0 Å². The topological polar surface area (TPSA) is 63.8 Å². The first kappa shape index (κ1) is 21.3. The average molecular weight is 414 g/mol. The van der Waals surface area contributed by atoms with Gasteiger partial charge in [-0.3, -0.25) is 4.79 Å². The van der Waals surface area contributed by atoms with Gasteiger partial charge in [-0.25, -0.2) is 4.79 Å². The maximum absolute atomic E-state index is 12.4. The summed E-state index contributed by atoms with van der Waals surface area (Å²) in [5.41, 5.74) is 3.58. The highest BCUT2D eigenvalue weighted by Gasteiger charge is 2.17. The van der Waals surface area contributed by atoms with Crippen molar-refractivity contribution in [1.29, 1.82) is 0 Å². The van der Waals surface area contributed by atoms with Crippen molar-refractivity contribution in [3.05, 3.63) is 67.7 Å². The van der Waals surface area contributed by atoms with E-state index in [1.54, 1.807) is 17.4 Å². The van der Waals surface area contributed by atoms with Crippen LogP contribution in [0.1, 0.15) is 48.3 Å². The number of carbonyl (C=O) groups excluding carboxylic acids is 1. The molecule has 1 atom stereocenters. The lowest BCUT2D eigenvalue weighted by molar-refractivity contribution is -0.904. The molecule has 3 rings (SSSR count). The molecule has 0 aliphatic carbocycles. The van der Waals surface area contributed by atoms with Crippen molar-refractivity contribution in [2.75, 3.05) is 13.1 Å². The number of hydrogen-bond donors (Lipinski definition) is 2. The zero-order valence-corrected chi connectivity index (χ0v) is 18.3. The summed E-state index contributed by atoms with van der Waals surface area (Å²) in [6.07, 6.45) is 0. The summed E-state index contributed by atoms with van der Waals surface area (Å²) in [7, 11) is 0. The van der Waals surface area contributed by atoms with Gasteiger partial charge in [-0.1, -0.05) is 19.9 Å². The SMILES string of the molecule is CC[NH+](CC(=O)NCc1cccs1)Cc1cc(=O)oc2cc(C)c(C(C)C)cc12. The Labute approximate surface area is 175 Å². The monoisotopic (exact) mass is 413 g/mol. The van der Waals surface area contributed by atoms with E-state index in [4.69, 9.17) is 4.42 Å². The summed E-state index contributed by atoms with van der Waals surface area (Å²) < 4.78 is 5.45. The number of thiophene rings is 1. The number of rotatable bonds is 8. The molecule has 0 spiro atoms. The largest absolute Gasteiger partial charge is 0.423 e. The van der Waals surface area contributed by atoms with Gasteiger partial charge in [0.1, 0.15) is 12.1 Å². The third-order valence-corrected chi connectivity index (χ3v) is 6.11. The molecule has 2 aromatic heterocycles. The van der Waals surface area contributed by atoms with E-state index < -0.39 is 0 Å². The molecule has 29 heavy (non-hydrogen) atoms. The van der Waals surface area contributed by atoms with Crippen LogP contribution in [0, 0.1) is 6.92 Å². The number of aryl methyl sites for hydroxylation is 1. The molecule has 1 aromatic carbocycles. The lowest BCUT2D eigenvalue weighted by Gasteiger charge is -2.19. The second-order valence-corrected chi connectivity index (χ2v) is 8.80. The molecule has 0 fully saturated rings. The molecule has 0 saturated heterocycles. The van der Waals surface area contributed by atoms with Crippen molar-refractivity contribution in [2.24, 2.45) is 0 Å². The minimum atomic E-state index is -0.346. The predicted octanol–water partition coefficient (Wildman–Crippen LogP) is 3.01. The molecule has 3 aromatic rings. The third kappa shape index (κ3) is 5.34. The normalized spacial score (nSPS) is 12.4. The number of amides is 1. The van der Waals surface area contributed by atoms with Crippen LogP contribution in [-0.2, 0) is 17.9 Å². The summed E-state index contributed by atoms with van der Waals surface area (Å²) in [6, 6.07) is 9.65. The Morgan fingerprint density at radius 3 is 2.72 bits per heavy atom. The van der Waals surface area contributed by atoms with Gasteiger partial charge in [0.05, 0.1) is 13.1 Å². The van der Waals surface area contributed by atoms with Crippen molar-refractivity contribution in [1.82, 2.24) is 5.32 Å². The van der Waals surface area contributed by atoms with Gasteiger partial charge >= 0.3 is 5.63 Å². The van der Waals surface area contributed by atoms with Gasteiger partial charge in [0.2, 0.25) is 0 Å². The van der Waals surface area contributed by atoms with Crippen LogP contribution in [-0.4, -0.2) is 19.0 Å². The molecule has 1 amide bonds. The van der Waals surface area contributed by atoms with E-state index in [9.17, 15) is 9.59 Å². The number of carbonyl (C=O) groups is 1. The minimum Gasteiger partial charge on any atom is -0.423 e. The number of benzene rings is 1. The van der Waals surface area contributed by atoms with Gasteiger partial charge in [0.25, 0.3) is 5.91 Å². The van der Waals surface area contributed by atoms with Gasteiger partial charge in [-0.2, -0.15) is 0 Å². The first-order valence-electron chi connectivity index (χ1n) is 10.1. The zero-order chi connectivity index (χ0) is 21.0. The van der Waals surface area contributed by atoms with Gasteiger partial charge in [0.15, 0.2) is 6.54 Å². The fourth-order valence-corrected chi connectivity index (χ4v) is 4.27. The molecule has 0 saturated carbocycles. The molecule has 154 valence electrons. The first-order chi connectivity index (χ1) is 13.9. The Balaban J connectivity index is 1.80. The van der Waals surface area contributed by atoms with Crippen LogP contribution in [0.15, 0.2) is 44.9 Å². The van der Waals surface area contributed by atoms with E-state index in [0.717, 1.165) is 32.8 Å². The second-order valence-electron chi connectivity index (χ2n) is 7.76. The fraction of sp³-hybridized carbons (Fsp3) is 0.391. The van der Waals surface area contributed by atoms with Crippen LogP contribution >= 0.6 is 11.3 Å².